The lowest BCUT2D eigenvalue weighted by Gasteiger charge is -2.18. The molecule has 33 heavy (non-hydrogen) atoms. The first kappa shape index (κ1) is 24.3. The minimum atomic E-state index is -0.983. The Hall–Kier alpha value is -3.33. The van der Waals surface area contributed by atoms with Crippen molar-refractivity contribution in [2.75, 3.05) is 0 Å². The Morgan fingerprint density at radius 3 is 2.30 bits per heavy atom. The molecule has 0 radical (unpaired) electrons. The van der Waals surface area contributed by atoms with E-state index in [1.54, 1.807) is 38.1 Å². The van der Waals surface area contributed by atoms with Crippen LogP contribution < -0.4 is 5.69 Å². The zero-order valence-corrected chi connectivity index (χ0v) is 19.9. The van der Waals surface area contributed by atoms with Gasteiger partial charge in [-0.2, -0.15) is 5.10 Å². The summed E-state index contributed by atoms with van der Waals surface area (Å²) in [5.74, 6) is -1.09. The number of aromatic nitrogens is 3. The quantitative estimate of drug-likeness (QED) is 0.376. The normalized spacial score (nSPS) is 11.4. The summed E-state index contributed by atoms with van der Waals surface area (Å²) in [4.78, 5) is 37.2. The van der Waals surface area contributed by atoms with Crippen molar-refractivity contribution in [2.24, 2.45) is 0 Å². The number of rotatable bonds is 9. The Labute approximate surface area is 196 Å². The summed E-state index contributed by atoms with van der Waals surface area (Å²) in [6.45, 7) is 7.67. The fourth-order valence-electron chi connectivity index (χ4n) is 3.09. The molecule has 0 aliphatic heterocycles. The van der Waals surface area contributed by atoms with Crippen LogP contribution in [0.25, 0.3) is 0 Å². The van der Waals surface area contributed by atoms with Crippen LogP contribution in [0.1, 0.15) is 48.1 Å². The summed E-state index contributed by atoms with van der Waals surface area (Å²) in [6, 6.07) is 14.4. The van der Waals surface area contributed by atoms with Crippen LogP contribution in [0.4, 0.5) is 0 Å². The Morgan fingerprint density at radius 1 is 1.09 bits per heavy atom. The van der Waals surface area contributed by atoms with E-state index in [1.165, 1.54) is 21.0 Å². The number of thioether (sulfide) groups is 1. The van der Waals surface area contributed by atoms with Gasteiger partial charge in [-0.3, -0.25) is 9.36 Å². The molecule has 3 rings (SSSR count). The molecule has 2 aromatic carbocycles. The Kier molecular flexibility index (Phi) is 7.43. The lowest BCUT2D eigenvalue weighted by Crippen LogP contribution is -2.26. The fraction of sp³-hybridized carbons (Fsp3) is 0.333. The average Bonchev–Trinajstić information content (AvgIpc) is 3.08. The van der Waals surface area contributed by atoms with Gasteiger partial charge in [-0.1, -0.05) is 29.8 Å². The van der Waals surface area contributed by atoms with E-state index in [0.29, 0.717) is 24.5 Å². The van der Waals surface area contributed by atoms with Gasteiger partial charge in [0.1, 0.15) is 4.75 Å². The highest BCUT2D eigenvalue weighted by Crippen LogP contribution is 2.32. The van der Waals surface area contributed by atoms with E-state index < -0.39 is 16.7 Å². The van der Waals surface area contributed by atoms with Gasteiger partial charge in [0.05, 0.1) is 12.1 Å². The Bertz CT molecular complexity index is 1190. The van der Waals surface area contributed by atoms with Gasteiger partial charge in [-0.05, 0) is 57.5 Å². The number of hydrogen-bond acceptors (Lipinski definition) is 6. The number of hydrogen-bond donors (Lipinski definition) is 1. The Morgan fingerprint density at radius 2 is 1.73 bits per heavy atom. The van der Waals surface area contributed by atoms with Gasteiger partial charge in [-0.15, -0.1) is 11.8 Å². The van der Waals surface area contributed by atoms with Crippen LogP contribution in [0.15, 0.2) is 58.2 Å². The van der Waals surface area contributed by atoms with E-state index in [9.17, 15) is 19.5 Å². The van der Waals surface area contributed by atoms with Gasteiger partial charge in [0.25, 0.3) is 0 Å². The van der Waals surface area contributed by atoms with Crippen LogP contribution in [-0.4, -0.2) is 36.1 Å². The zero-order chi connectivity index (χ0) is 24.2. The largest absolute Gasteiger partial charge is 0.480 e. The third kappa shape index (κ3) is 5.92. The number of aliphatic carboxylic acids is 1. The smallest absolute Gasteiger partial charge is 0.346 e. The molecule has 0 fully saturated rings. The van der Waals surface area contributed by atoms with E-state index in [1.807, 2.05) is 38.1 Å². The van der Waals surface area contributed by atoms with Crippen molar-refractivity contribution in [1.82, 2.24) is 14.3 Å². The molecule has 0 saturated heterocycles. The highest BCUT2D eigenvalue weighted by atomic mass is 32.2. The van der Waals surface area contributed by atoms with Crippen LogP contribution in [0.3, 0.4) is 0 Å². The molecule has 1 aromatic heterocycles. The first-order valence-electron chi connectivity index (χ1n) is 10.5. The maximum atomic E-state index is 12.7. The van der Waals surface area contributed by atoms with Crippen molar-refractivity contribution >= 4 is 23.7 Å². The predicted molar refractivity (Wildman–Crippen MR) is 126 cm³/mol. The molecular weight excluding hydrogens is 442 g/mol. The number of nitrogens with zero attached hydrogens (tertiary/aromatic N) is 3. The number of carbonyl (C=O) groups excluding carboxylic acids is 1. The molecule has 0 atom stereocenters. The number of carboxylic acids is 1. The van der Waals surface area contributed by atoms with E-state index >= 15 is 0 Å². The van der Waals surface area contributed by atoms with Gasteiger partial charge in [-0.25, -0.2) is 14.3 Å². The highest BCUT2D eigenvalue weighted by molar-refractivity contribution is 8.01. The van der Waals surface area contributed by atoms with E-state index in [4.69, 9.17) is 4.74 Å². The first-order chi connectivity index (χ1) is 15.6. The molecule has 9 heteroatoms. The van der Waals surface area contributed by atoms with E-state index in [2.05, 4.69) is 5.10 Å². The molecular formula is C24H27N3O5S. The molecule has 8 nitrogen and oxygen atoms in total. The van der Waals surface area contributed by atoms with Gasteiger partial charge >= 0.3 is 17.6 Å². The molecule has 0 amide bonds. The SMILES string of the molecule is CCn1c(COC(=O)c2ccc(SC(C)(C)C(=O)O)cc2)nn(Cc2ccc(C)cc2)c1=O. The zero-order valence-electron chi connectivity index (χ0n) is 19.1. The number of benzene rings is 2. The molecule has 174 valence electrons. The number of esters is 1. The van der Waals surface area contributed by atoms with Crippen LogP contribution in [0.5, 0.6) is 0 Å². The fourth-order valence-corrected chi connectivity index (χ4v) is 4.04. The second kappa shape index (κ2) is 10.1. The van der Waals surface area contributed by atoms with Crippen molar-refractivity contribution in [3.63, 3.8) is 0 Å². The number of carbonyl (C=O) groups is 2. The van der Waals surface area contributed by atoms with Gasteiger partial charge < -0.3 is 9.84 Å². The predicted octanol–water partition coefficient (Wildman–Crippen LogP) is 3.73. The minimum Gasteiger partial charge on any atom is -0.480 e. The maximum Gasteiger partial charge on any atom is 0.346 e. The second-order valence-corrected chi connectivity index (χ2v) is 9.80. The summed E-state index contributed by atoms with van der Waals surface area (Å²) < 4.78 is 7.26. The van der Waals surface area contributed by atoms with Gasteiger partial charge in [0.15, 0.2) is 12.4 Å². The van der Waals surface area contributed by atoms with Gasteiger partial charge in [0, 0.05) is 11.4 Å². The monoisotopic (exact) mass is 469 g/mol. The minimum absolute atomic E-state index is 0.134. The van der Waals surface area contributed by atoms with Crippen LogP contribution in [0.2, 0.25) is 0 Å². The average molecular weight is 470 g/mol. The lowest BCUT2D eigenvalue weighted by atomic mass is 10.1. The summed E-state index contributed by atoms with van der Waals surface area (Å²) in [6.07, 6.45) is 0. The third-order valence-electron chi connectivity index (χ3n) is 5.08. The topological polar surface area (TPSA) is 103 Å². The summed E-state index contributed by atoms with van der Waals surface area (Å²) in [7, 11) is 0. The molecule has 3 aromatic rings. The van der Waals surface area contributed by atoms with Crippen molar-refractivity contribution in [2.45, 2.75) is 57.0 Å². The van der Waals surface area contributed by atoms with E-state index in [-0.39, 0.29) is 12.3 Å². The lowest BCUT2D eigenvalue weighted by molar-refractivity contribution is -0.138. The Balaban J connectivity index is 1.67. The summed E-state index contributed by atoms with van der Waals surface area (Å²) in [5, 5.41) is 13.6. The number of ether oxygens (including phenoxy) is 1. The van der Waals surface area contributed by atoms with Crippen LogP contribution in [-0.2, 0) is 29.2 Å². The number of carboxylic acid groups (broad SMARTS) is 1. The third-order valence-corrected chi connectivity index (χ3v) is 6.27. The molecule has 1 N–H and O–H groups in total. The van der Waals surface area contributed by atoms with Crippen molar-refractivity contribution < 1.29 is 19.4 Å². The number of aryl methyl sites for hydroxylation is 1. The highest BCUT2D eigenvalue weighted by Gasteiger charge is 2.28. The van der Waals surface area contributed by atoms with E-state index in [0.717, 1.165) is 16.0 Å². The summed E-state index contributed by atoms with van der Waals surface area (Å²) in [5.41, 5.74) is 2.16. The van der Waals surface area contributed by atoms with Gasteiger partial charge in [0.2, 0.25) is 0 Å². The standard InChI is InChI=1S/C24H27N3O5S/c1-5-26-20(25-27(23(26)31)14-17-8-6-16(2)7-9-17)15-32-21(28)18-10-12-19(13-11-18)33-24(3,4)22(29)30/h6-13H,5,14-15H2,1-4H3,(H,29,30). The maximum absolute atomic E-state index is 12.7. The van der Waals surface area contributed by atoms with Crippen molar-refractivity contribution in [3.8, 4) is 0 Å². The van der Waals surface area contributed by atoms with Crippen LogP contribution >= 0.6 is 11.8 Å². The second-order valence-electron chi connectivity index (χ2n) is 8.10. The molecule has 0 unspecified atom stereocenters. The van der Waals surface area contributed by atoms with Crippen molar-refractivity contribution in [3.05, 3.63) is 81.5 Å². The van der Waals surface area contributed by atoms with Crippen LogP contribution in [0, 0.1) is 6.92 Å². The summed E-state index contributed by atoms with van der Waals surface area (Å²) >= 11 is 1.19. The molecule has 0 saturated carbocycles. The van der Waals surface area contributed by atoms with Crippen molar-refractivity contribution in [1.29, 1.82) is 0 Å². The first-order valence-corrected chi connectivity index (χ1v) is 11.3. The molecule has 1 heterocycles. The molecule has 0 bridgehead atoms. The molecule has 0 aliphatic carbocycles. The molecule has 0 spiro atoms. The molecule has 0 aliphatic rings.